The van der Waals surface area contributed by atoms with Crippen molar-refractivity contribution in [1.29, 1.82) is 5.26 Å². The van der Waals surface area contributed by atoms with Crippen LogP contribution in [0.25, 0.3) is 11.0 Å². The summed E-state index contributed by atoms with van der Waals surface area (Å²) >= 11 is 1.74. The van der Waals surface area contributed by atoms with Gasteiger partial charge in [-0.15, -0.1) is 11.3 Å². The smallest absolute Gasteiger partial charge is 0.329 e. The zero-order chi connectivity index (χ0) is 22.5. The number of esters is 1. The number of likely N-dealkylation sites (tertiary alicyclic amines) is 1. The van der Waals surface area contributed by atoms with Crippen LogP contribution in [0.5, 0.6) is 0 Å². The molecule has 0 radical (unpaired) electrons. The molecule has 0 saturated carbocycles. The topological polar surface area (TPSA) is 91.1 Å². The molecular formula is C24H27N5O2S. The first-order valence-electron chi connectivity index (χ1n) is 10.9. The lowest BCUT2D eigenvalue weighted by molar-refractivity contribution is -0.141. The van der Waals surface area contributed by atoms with Crippen molar-refractivity contribution in [2.45, 2.75) is 31.7 Å². The molecule has 1 fully saturated rings. The number of piperidine rings is 1. The number of aromatic nitrogens is 2. The van der Waals surface area contributed by atoms with E-state index in [0.717, 1.165) is 19.0 Å². The minimum atomic E-state index is -1.14. The lowest BCUT2D eigenvalue weighted by Crippen LogP contribution is -2.39. The molecule has 7 nitrogen and oxygen atoms in total. The number of benzene rings is 1. The SMILES string of the molecule is COC(=O)[C@@H](C#N)c1nc2ccccc2nc1NC[C@@H](c1cccs1)N1CCC(C)CC1. The molecule has 2 aromatic heterocycles. The number of thiophene rings is 1. The van der Waals surface area contributed by atoms with E-state index in [2.05, 4.69) is 39.6 Å². The number of para-hydroxylation sites is 2. The Morgan fingerprint density at radius 1 is 1.25 bits per heavy atom. The normalized spacial score (nSPS) is 16.9. The van der Waals surface area contributed by atoms with Gasteiger partial charge in [0.25, 0.3) is 0 Å². The van der Waals surface area contributed by atoms with Crippen molar-refractivity contribution in [2.75, 3.05) is 32.1 Å². The van der Waals surface area contributed by atoms with Gasteiger partial charge in [-0.1, -0.05) is 25.1 Å². The number of methoxy groups -OCH3 is 1. The maximum atomic E-state index is 12.3. The summed E-state index contributed by atoms with van der Waals surface area (Å²) in [7, 11) is 1.28. The van der Waals surface area contributed by atoms with Gasteiger partial charge in [-0.3, -0.25) is 9.69 Å². The third-order valence-electron chi connectivity index (χ3n) is 6.03. The molecule has 0 bridgehead atoms. The summed E-state index contributed by atoms with van der Waals surface area (Å²) in [5, 5.41) is 15.2. The van der Waals surface area contributed by atoms with Gasteiger partial charge >= 0.3 is 5.97 Å². The minimum absolute atomic E-state index is 0.183. The van der Waals surface area contributed by atoms with E-state index in [-0.39, 0.29) is 6.04 Å². The van der Waals surface area contributed by atoms with Gasteiger partial charge in [0.1, 0.15) is 5.69 Å². The van der Waals surface area contributed by atoms with E-state index in [0.29, 0.717) is 29.1 Å². The van der Waals surface area contributed by atoms with Gasteiger partial charge in [-0.2, -0.15) is 5.26 Å². The Kier molecular flexibility index (Phi) is 6.98. The number of carbonyl (C=O) groups is 1. The van der Waals surface area contributed by atoms with Crippen molar-refractivity contribution in [3.63, 3.8) is 0 Å². The lowest BCUT2D eigenvalue weighted by atomic mass is 9.97. The van der Waals surface area contributed by atoms with E-state index in [9.17, 15) is 10.1 Å². The minimum Gasteiger partial charge on any atom is -0.468 e. The second-order valence-electron chi connectivity index (χ2n) is 8.16. The number of nitrogens with zero attached hydrogens (tertiary/aromatic N) is 4. The Bertz CT molecular complexity index is 1100. The highest BCUT2D eigenvalue weighted by Gasteiger charge is 2.29. The van der Waals surface area contributed by atoms with E-state index in [1.165, 1.54) is 24.8 Å². The molecule has 1 N–H and O–H groups in total. The summed E-state index contributed by atoms with van der Waals surface area (Å²) < 4.78 is 4.85. The van der Waals surface area contributed by atoms with Crippen LogP contribution in [-0.2, 0) is 9.53 Å². The molecule has 1 aromatic carbocycles. The first-order chi connectivity index (χ1) is 15.6. The van der Waals surface area contributed by atoms with Crippen LogP contribution in [0.2, 0.25) is 0 Å². The van der Waals surface area contributed by atoms with E-state index in [4.69, 9.17) is 9.72 Å². The quantitative estimate of drug-likeness (QED) is 0.536. The van der Waals surface area contributed by atoms with Crippen LogP contribution in [0.15, 0.2) is 41.8 Å². The third kappa shape index (κ3) is 4.74. The van der Waals surface area contributed by atoms with Gasteiger partial charge in [0.05, 0.1) is 30.3 Å². The van der Waals surface area contributed by atoms with Crippen LogP contribution in [0.4, 0.5) is 5.82 Å². The summed E-state index contributed by atoms with van der Waals surface area (Å²) in [6.45, 7) is 5.01. The molecule has 166 valence electrons. The summed E-state index contributed by atoms with van der Waals surface area (Å²) in [5.74, 6) is -0.583. The van der Waals surface area contributed by atoms with Crippen molar-refractivity contribution >= 4 is 34.2 Å². The van der Waals surface area contributed by atoms with E-state index in [1.54, 1.807) is 11.3 Å². The maximum Gasteiger partial charge on any atom is 0.329 e. The van der Waals surface area contributed by atoms with Crippen molar-refractivity contribution in [3.05, 3.63) is 52.3 Å². The highest BCUT2D eigenvalue weighted by Crippen LogP contribution is 2.31. The summed E-state index contributed by atoms with van der Waals surface area (Å²) in [6, 6.07) is 13.9. The van der Waals surface area contributed by atoms with E-state index < -0.39 is 11.9 Å². The number of anilines is 1. The number of rotatable bonds is 7. The average molecular weight is 450 g/mol. The number of hydrogen-bond donors (Lipinski definition) is 1. The predicted octanol–water partition coefficient (Wildman–Crippen LogP) is 4.36. The van der Waals surface area contributed by atoms with Crippen molar-refractivity contribution in [3.8, 4) is 6.07 Å². The van der Waals surface area contributed by atoms with Gasteiger partial charge in [0, 0.05) is 11.4 Å². The van der Waals surface area contributed by atoms with Crippen molar-refractivity contribution in [2.24, 2.45) is 5.92 Å². The largest absolute Gasteiger partial charge is 0.468 e. The van der Waals surface area contributed by atoms with Crippen LogP contribution in [0, 0.1) is 17.2 Å². The Morgan fingerprint density at radius 2 is 1.97 bits per heavy atom. The molecule has 0 aliphatic carbocycles. The second kappa shape index (κ2) is 10.1. The molecule has 3 heterocycles. The molecule has 3 aromatic rings. The van der Waals surface area contributed by atoms with Crippen LogP contribution in [0.1, 0.15) is 42.3 Å². The maximum absolute atomic E-state index is 12.3. The number of nitrogens with one attached hydrogen (secondary N) is 1. The van der Waals surface area contributed by atoms with Gasteiger partial charge in [-0.25, -0.2) is 9.97 Å². The van der Waals surface area contributed by atoms with Crippen LogP contribution in [-0.4, -0.2) is 47.6 Å². The summed E-state index contributed by atoms with van der Waals surface area (Å²) in [5.41, 5.74) is 1.65. The lowest BCUT2D eigenvalue weighted by Gasteiger charge is -2.36. The Morgan fingerprint density at radius 3 is 2.59 bits per heavy atom. The van der Waals surface area contributed by atoms with Gasteiger partial charge in [0.15, 0.2) is 11.7 Å². The Hall–Kier alpha value is -3.02. The standard InChI is InChI=1S/C24H27N5O2S/c1-16-9-11-29(12-10-16)20(21-8-5-13-32-21)15-26-23-22(17(14-25)24(30)31-2)27-18-6-3-4-7-19(18)28-23/h3-8,13,16-17,20H,9-12,15H2,1-2H3,(H,26,28)/t17-,20-/m0/s1. The Balaban J connectivity index is 1.66. The van der Waals surface area contributed by atoms with Gasteiger partial charge in [-0.05, 0) is 55.4 Å². The zero-order valence-electron chi connectivity index (χ0n) is 18.3. The fourth-order valence-electron chi connectivity index (χ4n) is 4.11. The molecule has 1 aliphatic heterocycles. The molecular weight excluding hydrogens is 422 g/mol. The molecule has 2 atom stereocenters. The average Bonchev–Trinajstić information content (AvgIpc) is 3.35. The first-order valence-corrected chi connectivity index (χ1v) is 11.7. The van der Waals surface area contributed by atoms with Crippen LogP contribution >= 0.6 is 11.3 Å². The number of hydrogen-bond acceptors (Lipinski definition) is 8. The highest BCUT2D eigenvalue weighted by molar-refractivity contribution is 7.10. The summed E-state index contributed by atoms with van der Waals surface area (Å²) in [6.07, 6.45) is 2.36. The summed E-state index contributed by atoms with van der Waals surface area (Å²) in [4.78, 5) is 25.4. The number of carbonyl (C=O) groups excluding carboxylic acids is 1. The molecule has 1 aliphatic rings. The van der Waals surface area contributed by atoms with Gasteiger partial charge < -0.3 is 10.1 Å². The third-order valence-corrected chi connectivity index (χ3v) is 7.00. The fraction of sp³-hybridized carbons (Fsp3) is 0.417. The fourth-order valence-corrected chi connectivity index (χ4v) is 4.97. The molecule has 8 heteroatoms. The van der Waals surface area contributed by atoms with Crippen LogP contribution < -0.4 is 5.32 Å². The van der Waals surface area contributed by atoms with Crippen molar-refractivity contribution in [1.82, 2.24) is 14.9 Å². The Labute approximate surface area is 192 Å². The van der Waals surface area contributed by atoms with Gasteiger partial charge in [0.2, 0.25) is 0 Å². The van der Waals surface area contributed by atoms with E-state index >= 15 is 0 Å². The van der Waals surface area contributed by atoms with E-state index in [1.807, 2.05) is 30.3 Å². The highest BCUT2D eigenvalue weighted by atomic mass is 32.1. The predicted molar refractivity (Wildman–Crippen MR) is 125 cm³/mol. The zero-order valence-corrected chi connectivity index (χ0v) is 19.1. The first kappa shape index (κ1) is 22.2. The molecule has 1 saturated heterocycles. The molecule has 0 unspecified atom stereocenters. The number of ether oxygens (including phenoxy) is 1. The number of nitriles is 1. The van der Waals surface area contributed by atoms with Crippen LogP contribution in [0.3, 0.4) is 0 Å². The number of fused-ring (bicyclic) bond motifs is 1. The van der Waals surface area contributed by atoms with Crippen molar-refractivity contribution < 1.29 is 9.53 Å². The molecule has 0 amide bonds. The molecule has 4 rings (SSSR count). The second-order valence-corrected chi connectivity index (χ2v) is 9.14. The molecule has 32 heavy (non-hydrogen) atoms. The molecule has 0 spiro atoms. The monoisotopic (exact) mass is 449 g/mol.